The molecule has 268 valence electrons. The SMILES string of the molecule is CCO.CCOC(=O)/C=C/c1cccc(CCc2cccc(OCC)c2)c1.CCOc1cccc(CCc2cccc(/C=C/C(=O)O)c2)c1.[Li+].[OH-]. The van der Waals surface area contributed by atoms with Crippen LogP contribution in [-0.4, -0.2) is 54.1 Å². The van der Waals surface area contributed by atoms with Crippen LogP contribution in [0, 0.1) is 0 Å². The van der Waals surface area contributed by atoms with Gasteiger partial charge in [0.2, 0.25) is 0 Å². The first-order valence-electron chi connectivity index (χ1n) is 16.8. The molecule has 0 aromatic heterocycles. The Labute approximate surface area is 315 Å². The number of carbonyl (C=O) groups is 2. The predicted molar refractivity (Wildman–Crippen MR) is 200 cm³/mol. The molecular formula is C42H51LiO8. The molecule has 0 fully saturated rings. The predicted octanol–water partition coefficient (Wildman–Crippen LogP) is 5.24. The van der Waals surface area contributed by atoms with Crippen LogP contribution in [0.25, 0.3) is 12.2 Å². The summed E-state index contributed by atoms with van der Waals surface area (Å²) in [6.07, 6.45) is 9.75. The quantitative estimate of drug-likeness (QED) is 0.0984. The van der Waals surface area contributed by atoms with Gasteiger partial charge in [0.25, 0.3) is 0 Å². The molecule has 0 aliphatic heterocycles. The number of carboxylic acids is 1. The average molecular weight is 691 g/mol. The van der Waals surface area contributed by atoms with Crippen molar-refractivity contribution in [3.05, 3.63) is 143 Å². The van der Waals surface area contributed by atoms with E-state index in [0.717, 1.165) is 54.4 Å². The maximum absolute atomic E-state index is 11.4. The Bertz CT molecular complexity index is 1620. The number of aryl methyl sites for hydroxylation is 4. The Balaban J connectivity index is 0.000000880. The molecule has 9 heteroatoms. The zero-order chi connectivity index (χ0) is 35.7. The normalized spacial score (nSPS) is 10.1. The van der Waals surface area contributed by atoms with Crippen molar-refractivity contribution in [2.45, 2.75) is 53.4 Å². The number of hydrogen-bond acceptors (Lipinski definition) is 7. The molecular weight excluding hydrogens is 639 g/mol. The van der Waals surface area contributed by atoms with Gasteiger partial charge in [0.05, 0.1) is 19.8 Å². The van der Waals surface area contributed by atoms with Crippen molar-refractivity contribution in [2.75, 3.05) is 26.4 Å². The van der Waals surface area contributed by atoms with E-state index in [1.165, 1.54) is 28.3 Å². The van der Waals surface area contributed by atoms with Crippen molar-refractivity contribution in [2.24, 2.45) is 0 Å². The standard InChI is InChI=1S/C21H24O3.C19H20O3.C2H6O.Li.H2O/c1-3-23-20-10-6-9-19(16-20)12-11-17-7-5-8-18(15-17)13-14-21(22)24-4-2;1-2-22-18-8-4-7-17(14-18)10-9-15-5-3-6-16(13-15)11-12-19(20)21;1-2-3;;/h5-10,13-16H,3-4,11-12H2,1-2H3;3-8,11-14H,2,9-10H2,1H3,(H,20,21);3H,2H2,1H3;;1H2/q;;;+1;/p-1/b14-13+;12-11+;;;. The van der Waals surface area contributed by atoms with Gasteiger partial charge in [-0.2, -0.15) is 0 Å². The third-order valence-electron chi connectivity index (χ3n) is 6.84. The fourth-order valence-electron chi connectivity index (χ4n) is 4.72. The monoisotopic (exact) mass is 690 g/mol. The van der Waals surface area contributed by atoms with Crippen molar-refractivity contribution in [1.82, 2.24) is 0 Å². The van der Waals surface area contributed by atoms with E-state index in [1.54, 1.807) is 26.0 Å². The first kappa shape index (κ1) is 46.4. The molecule has 0 aliphatic rings. The van der Waals surface area contributed by atoms with Gasteiger partial charge in [-0.25, -0.2) is 9.59 Å². The molecule has 4 rings (SSSR count). The number of esters is 1. The number of ether oxygens (including phenoxy) is 3. The van der Waals surface area contributed by atoms with Crippen LogP contribution >= 0.6 is 0 Å². The minimum absolute atomic E-state index is 0. The van der Waals surface area contributed by atoms with E-state index >= 15 is 0 Å². The molecule has 3 N–H and O–H groups in total. The Morgan fingerprint density at radius 1 is 0.588 bits per heavy atom. The number of aliphatic carboxylic acids is 1. The molecule has 8 nitrogen and oxygen atoms in total. The number of carboxylic acid groups (broad SMARTS) is 1. The summed E-state index contributed by atoms with van der Waals surface area (Å²) >= 11 is 0. The minimum atomic E-state index is -0.932. The molecule has 4 aromatic rings. The molecule has 51 heavy (non-hydrogen) atoms. The van der Waals surface area contributed by atoms with Crippen LogP contribution < -0.4 is 28.3 Å². The molecule has 0 saturated heterocycles. The second-order valence-corrected chi connectivity index (χ2v) is 10.7. The third-order valence-corrected chi connectivity index (χ3v) is 6.84. The topological polar surface area (TPSA) is 132 Å². The van der Waals surface area contributed by atoms with E-state index < -0.39 is 5.97 Å². The second-order valence-electron chi connectivity index (χ2n) is 10.7. The fourth-order valence-corrected chi connectivity index (χ4v) is 4.72. The average Bonchev–Trinajstić information content (AvgIpc) is 3.10. The molecule has 4 aromatic carbocycles. The van der Waals surface area contributed by atoms with E-state index in [9.17, 15) is 9.59 Å². The third kappa shape index (κ3) is 20.6. The van der Waals surface area contributed by atoms with Gasteiger partial charge < -0.3 is 29.9 Å². The first-order valence-corrected chi connectivity index (χ1v) is 16.8. The van der Waals surface area contributed by atoms with Crippen LogP contribution in [0.15, 0.2) is 109 Å². The van der Waals surface area contributed by atoms with E-state index in [-0.39, 0.29) is 36.9 Å². The molecule has 0 bridgehead atoms. The number of benzene rings is 4. The van der Waals surface area contributed by atoms with Crippen molar-refractivity contribution in [1.29, 1.82) is 0 Å². The van der Waals surface area contributed by atoms with Crippen molar-refractivity contribution in [3.8, 4) is 11.5 Å². The number of aliphatic hydroxyl groups is 1. The summed E-state index contributed by atoms with van der Waals surface area (Å²) in [6, 6.07) is 32.5. The second kappa shape index (κ2) is 28.2. The van der Waals surface area contributed by atoms with Crippen LogP contribution in [0.1, 0.15) is 61.1 Å². The van der Waals surface area contributed by atoms with Crippen LogP contribution in [0.2, 0.25) is 0 Å². The summed E-state index contributed by atoms with van der Waals surface area (Å²) in [4.78, 5) is 21.9. The maximum atomic E-state index is 11.4. The van der Waals surface area contributed by atoms with Crippen LogP contribution in [0.5, 0.6) is 11.5 Å². The summed E-state index contributed by atoms with van der Waals surface area (Å²) in [5.74, 6) is 0.577. The van der Waals surface area contributed by atoms with E-state index in [0.29, 0.717) is 19.8 Å². The van der Waals surface area contributed by atoms with Gasteiger partial charge in [-0.05, 0) is 123 Å². The maximum Gasteiger partial charge on any atom is 1.00 e. The Hall–Kier alpha value is -4.58. The number of carbonyl (C=O) groups excluding carboxylic acids is 1. The molecule has 0 aliphatic carbocycles. The van der Waals surface area contributed by atoms with Gasteiger partial charge in [0, 0.05) is 18.8 Å². The minimum Gasteiger partial charge on any atom is -0.870 e. The summed E-state index contributed by atoms with van der Waals surface area (Å²) in [5.41, 5.74) is 6.83. The molecule has 0 saturated carbocycles. The molecule has 0 spiro atoms. The van der Waals surface area contributed by atoms with Crippen molar-refractivity contribution in [3.63, 3.8) is 0 Å². The number of aliphatic hydroxyl groups excluding tert-OH is 1. The number of rotatable bonds is 15. The largest absolute Gasteiger partial charge is 1.00 e. The Morgan fingerprint density at radius 3 is 1.33 bits per heavy atom. The van der Waals surface area contributed by atoms with Gasteiger partial charge in [0.15, 0.2) is 0 Å². The van der Waals surface area contributed by atoms with E-state index in [4.69, 9.17) is 24.4 Å². The fraction of sp³-hybridized carbons (Fsp3) is 0.286. The van der Waals surface area contributed by atoms with Crippen LogP contribution in [0.4, 0.5) is 0 Å². The van der Waals surface area contributed by atoms with E-state index in [2.05, 4.69) is 42.5 Å². The van der Waals surface area contributed by atoms with Gasteiger partial charge in [0.1, 0.15) is 11.5 Å². The summed E-state index contributed by atoms with van der Waals surface area (Å²) in [5, 5.41) is 16.2. The molecule has 0 amide bonds. The van der Waals surface area contributed by atoms with Crippen LogP contribution in [0.3, 0.4) is 0 Å². The van der Waals surface area contributed by atoms with Gasteiger partial charge in [-0.3, -0.25) is 0 Å². The smallest absolute Gasteiger partial charge is 0.870 e. The summed E-state index contributed by atoms with van der Waals surface area (Å²) in [6.45, 7) is 9.43. The van der Waals surface area contributed by atoms with Crippen molar-refractivity contribution >= 4 is 24.1 Å². The van der Waals surface area contributed by atoms with Gasteiger partial charge in [-0.15, -0.1) is 0 Å². The zero-order valence-electron chi connectivity index (χ0n) is 30.6. The van der Waals surface area contributed by atoms with E-state index in [1.807, 2.05) is 68.4 Å². The van der Waals surface area contributed by atoms with Crippen molar-refractivity contribution < 1.29 is 58.3 Å². The molecule has 0 radical (unpaired) electrons. The Morgan fingerprint density at radius 2 is 0.961 bits per heavy atom. The van der Waals surface area contributed by atoms with Crippen LogP contribution in [-0.2, 0) is 40.0 Å². The van der Waals surface area contributed by atoms with Gasteiger partial charge in [-0.1, -0.05) is 72.8 Å². The Kier molecular flexibility index (Phi) is 25.6. The first-order chi connectivity index (χ1) is 23.8. The molecule has 0 unspecified atom stereocenters. The molecule has 0 heterocycles. The zero-order valence-corrected chi connectivity index (χ0v) is 30.6. The number of hydrogen-bond donors (Lipinski definition) is 2. The molecule has 0 atom stereocenters. The summed E-state index contributed by atoms with van der Waals surface area (Å²) < 4.78 is 15.9. The summed E-state index contributed by atoms with van der Waals surface area (Å²) in [7, 11) is 0. The van der Waals surface area contributed by atoms with Gasteiger partial charge >= 0.3 is 30.8 Å².